The monoisotopic (exact) mass is 259 g/mol. The normalized spacial score (nSPS) is 12.9. The molecule has 0 amide bonds. The lowest BCUT2D eigenvalue weighted by molar-refractivity contribution is 0.353. The second-order valence-electron chi connectivity index (χ2n) is 3.30. The Labute approximate surface area is 92.6 Å². The van der Waals surface area contributed by atoms with E-state index < -0.39 is 6.17 Å². The molecule has 1 aromatic carbocycles. The van der Waals surface area contributed by atoms with Crippen molar-refractivity contribution in [2.24, 2.45) is 5.73 Å². The summed E-state index contributed by atoms with van der Waals surface area (Å²) in [5, 5.41) is 0. The fraction of sp³-hybridized carbons (Fsp3) is 0.455. The van der Waals surface area contributed by atoms with E-state index >= 15 is 0 Å². The molecular formula is C11H15BrFN. The summed E-state index contributed by atoms with van der Waals surface area (Å²) >= 11 is 3.44. The number of hydrogen-bond donors (Lipinski definition) is 1. The molecule has 1 unspecified atom stereocenters. The first-order chi connectivity index (χ1) is 6.69. The van der Waals surface area contributed by atoms with Gasteiger partial charge in [-0.15, -0.1) is 0 Å². The molecule has 1 rings (SSSR count). The zero-order valence-corrected chi connectivity index (χ0v) is 9.85. The molecule has 0 bridgehead atoms. The molecule has 78 valence electrons. The Bertz CT molecular complexity index is 301. The van der Waals surface area contributed by atoms with Crippen LogP contribution in [0.2, 0.25) is 0 Å². The van der Waals surface area contributed by atoms with Gasteiger partial charge in [0.25, 0.3) is 0 Å². The molecule has 14 heavy (non-hydrogen) atoms. The first kappa shape index (κ1) is 11.7. The SMILES string of the molecule is CCCc1ccc(C(F)CN)cc1Br. The van der Waals surface area contributed by atoms with Crippen molar-refractivity contribution in [3.8, 4) is 0 Å². The standard InChI is InChI=1S/C11H15BrFN/c1-2-3-8-4-5-9(6-10(8)12)11(13)7-14/h4-6,11H,2-3,7,14H2,1H3. The van der Waals surface area contributed by atoms with Crippen molar-refractivity contribution in [3.05, 3.63) is 33.8 Å². The Morgan fingerprint density at radius 1 is 1.50 bits per heavy atom. The van der Waals surface area contributed by atoms with E-state index in [0.717, 1.165) is 17.3 Å². The molecule has 0 aliphatic rings. The summed E-state index contributed by atoms with van der Waals surface area (Å²) < 4.78 is 14.2. The summed E-state index contributed by atoms with van der Waals surface area (Å²) in [4.78, 5) is 0. The van der Waals surface area contributed by atoms with Crippen LogP contribution in [0.1, 0.15) is 30.6 Å². The fourth-order valence-electron chi connectivity index (χ4n) is 1.37. The summed E-state index contributed by atoms with van der Waals surface area (Å²) in [7, 11) is 0. The van der Waals surface area contributed by atoms with E-state index in [-0.39, 0.29) is 6.54 Å². The van der Waals surface area contributed by atoms with Gasteiger partial charge in [-0.2, -0.15) is 0 Å². The van der Waals surface area contributed by atoms with Crippen LogP contribution in [0.15, 0.2) is 22.7 Å². The van der Waals surface area contributed by atoms with Crippen LogP contribution in [0, 0.1) is 0 Å². The molecule has 0 heterocycles. The van der Waals surface area contributed by atoms with Gasteiger partial charge >= 0.3 is 0 Å². The Balaban J connectivity index is 2.88. The van der Waals surface area contributed by atoms with Gasteiger partial charge in [0.2, 0.25) is 0 Å². The number of benzene rings is 1. The minimum atomic E-state index is -1.05. The molecule has 0 radical (unpaired) electrons. The number of nitrogens with two attached hydrogens (primary N) is 1. The Kier molecular flexibility index (Phi) is 4.55. The van der Waals surface area contributed by atoms with Crippen LogP contribution in [0.25, 0.3) is 0 Å². The Morgan fingerprint density at radius 2 is 2.21 bits per heavy atom. The minimum Gasteiger partial charge on any atom is -0.327 e. The van der Waals surface area contributed by atoms with E-state index in [1.165, 1.54) is 5.56 Å². The van der Waals surface area contributed by atoms with E-state index in [1.54, 1.807) is 0 Å². The van der Waals surface area contributed by atoms with Crippen molar-refractivity contribution in [3.63, 3.8) is 0 Å². The molecule has 2 N–H and O–H groups in total. The zero-order valence-electron chi connectivity index (χ0n) is 8.26. The lowest BCUT2D eigenvalue weighted by Gasteiger charge is -2.08. The molecule has 0 spiro atoms. The average Bonchev–Trinajstić information content (AvgIpc) is 2.20. The molecule has 1 aromatic rings. The molecule has 0 aliphatic carbocycles. The molecule has 1 nitrogen and oxygen atoms in total. The maximum Gasteiger partial charge on any atom is 0.137 e. The van der Waals surface area contributed by atoms with Crippen molar-refractivity contribution in [1.29, 1.82) is 0 Å². The van der Waals surface area contributed by atoms with E-state index in [4.69, 9.17) is 5.73 Å². The van der Waals surface area contributed by atoms with E-state index in [1.807, 2.05) is 18.2 Å². The average molecular weight is 260 g/mol. The predicted octanol–water partition coefficient (Wildman–Crippen LogP) is 3.37. The second-order valence-corrected chi connectivity index (χ2v) is 4.16. The van der Waals surface area contributed by atoms with Gasteiger partial charge in [-0.25, -0.2) is 4.39 Å². The molecular weight excluding hydrogens is 245 g/mol. The number of aryl methyl sites for hydroxylation is 1. The van der Waals surface area contributed by atoms with Crippen molar-refractivity contribution >= 4 is 15.9 Å². The smallest absolute Gasteiger partial charge is 0.137 e. The lowest BCUT2D eigenvalue weighted by Crippen LogP contribution is -2.07. The van der Waals surface area contributed by atoms with Crippen molar-refractivity contribution in [2.45, 2.75) is 25.9 Å². The van der Waals surface area contributed by atoms with Gasteiger partial charge in [-0.3, -0.25) is 0 Å². The van der Waals surface area contributed by atoms with Crippen LogP contribution in [0.3, 0.4) is 0 Å². The van der Waals surface area contributed by atoms with Crippen LogP contribution in [0.5, 0.6) is 0 Å². The fourth-order valence-corrected chi connectivity index (χ4v) is 1.96. The maximum atomic E-state index is 13.2. The molecule has 3 heteroatoms. The molecule has 0 aliphatic heterocycles. The summed E-state index contributed by atoms with van der Waals surface area (Å²) in [5.74, 6) is 0. The lowest BCUT2D eigenvalue weighted by atomic mass is 10.1. The Morgan fingerprint density at radius 3 is 2.71 bits per heavy atom. The number of halogens is 2. The maximum absolute atomic E-state index is 13.2. The predicted molar refractivity (Wildman–Crippen MR) is 61.0 cm³/mol. The van der Waals surface area contributed by atoms with Crippen LogP contribution in [-0.2, 0) is 6.42 Å². The topological polar surface area (TPSA) is 26.0 Å². The van der Waals surface area contributed by atoms with E-state index in [9.17, 15) is 4.39 Å². The van der Waals surface area contributed by atoms with Crippen molar-refractivity contribution in [2.75, 3.05) is 6.54 Å². The van der Waals surface area contributed by atoms with E-state index in [0.29, 0.717) is 5.56 Å². The van der Waals surface area contributed by atoms with Gasteiger partial charge in [-0.1, -0.05) is 41.4 Å². The van der Waals surface area contributed by atoms with Crippen LogP contribution >= 0.6 is 15.9 Å². The first-order valence-electron chi connectivity index (χ1n) is 4.81. The minimum absolute atomic E-state index is 0.0412. The number of alkyl halides is 1. The molecule has 1 atom stereocenters. The number of rotatable bonds is 4. The van der Waals surface area contributed by atoms with Crippen molar-refractivity contribution < 1.29 is 4.39 Å². The van der Waals surface area contributed by atoms with Gasteiger partial charge in [0.1, 0.15) is 6.17 Å². The van der Waals surface area contributed by atoms with Crippen LogP contribution in [0.4, 0.5) is 4.39 Å². The van der Waals surface area contributed by atoms with Gasteiger partial charge in [0.05, 0.1) is 0 Å². The highest BCUT2D eigenvalue weighted by atomic mass is 79.9. The van der Waals surface area contributed by atoms with Gasteiger partial charge in [-0.05, 0) is 23.6 Å². The van der Waals surface area contributed by atoms with Crippen LogP contribution in [-0.4, -0.2) is 6.54 Å². The van der Waals surface area contributed by atoms with Crippen molar-refractivity contribution in [1.82, 2.24) is 0 Å². The van der Waals surface area contributed by atoms with Gasteiger partial charge in [0, 0.05) is 11.0 Å². The van der Waals surface area contributed by atoms with Crippen LogP contribution < -0.4 is 5.73 Å². The highest BCUT2D eigenvalue weighted by Gasteiger charge is 2.08. The summed E-state index contributed by atoms with van der Waals surface area (Å²) in [6.45, 7) is 2.16. The Hall–Kier alpha value is -0.410. The van der Waals surface area contributed by atoms with Gasteiger partial charge in [0.15, 0.2) is 0 Å². The summed E-state index contributed by atoms with van der Waals surface area (Å²) in [5.41, 5.74) is 7.14. The quantitative estimate of drug-likeness (QED) is 0.882. The van der Waals surface area contributed by atoms with Gasteiger partial charge < -0.3 is 5.73 Å². The third-order valence-electron chi connectivity index (χ3n) is 2.17. The number of hydrogen-bond acceptors (Lipinski definition) is 1. The highest BCUT2D eigenvalue weighted by molar-refractivity contribution is 9.10. The molecule has 0 saturated carbocycles. The third kappa shape index (κ3) is 2.79. The van der Waals surface area contributed by atoms with E-state index in [2.05, 4.69) is 22.9 Å². The zero-order chi connectivity index (χ0) is 10.6. The summed E-state index contributed by atoms with van der Waals surface area (Å²) in [6, 6.07) is 5.60. The largest absolute Gasteiger partial charge is 0.327 e. The summed E-state index contributed by atoms with van der Waals surface area (Å²) in [6.07, 6.45) is 1.05. The molecule has 0 saturated heterocycles. The molecule has 0 aromatic heterocycles. The second kappa shape index (κ2) is 5.47. The first-order valence-corrected chi connectivity index (χ1v) is 5.60. The molecule has 0 fully saturated rings. The highest BCUT2D eigenvalue weighted by Crippen LogP contribution is 2.24. The third-order valence-corrected chi connectivity index (χ3v) is 2.90.